The van der Waals surface area contributed by atoms with Gasteiger partial charge in [-0.1, -0.05) is 0 Å². The van der Waals surface area contributed by atoms with E-state index in [4.69, 9.17) is 0 Å². The highest BCUT2D eigenvalue weighted by atomic mass is 19.4. The van der Waals surface area contributed by atoms with Crippen molar-refractivity contribution in [1.29, 1.82) is 0 Å². The van der Waals surface area contributed by atoms with Crippen LogP contribution in [0, 0.1) is 0 Å². The lowest BCUT2D eigenvalue weighted by molar-refractivity contribution is -0.155. The zero-order valence-corrected chi connectivity index (χ0v) is 12.1. The van der Waals surface area contributed by atoms with Crippen LogP contribution >= 0.6 is 0 Å². The fraction of sp³-hybridized carbons (Fsp3) is 0.846. The number of carbonyl (C=O) groups is 2. The van der Waals surface area contributed by atoms with Crippen molar-refractivity contribution in [3.63, 3.8) is 0 Å². The molecule has 2 aliphatic rings. The summed E-state index contributed by atoms with van der Waals surface area (Å²) in [5.41, 5.74) is 0. The van der Waals surface area contributed by atoms with Gasteiger partial charge < -0.3 is 10.2 Å². The molecule has 2 saturated heterocycles. The molecule has 2 fully saturated rings. The Kier molecular flexibility index (Phi) is 4.46. The summed E-state index contributed by atoms with van der Waals surface area (Å²) >= 11 is 0. The van der Waals surface area contributed by atoms with E-state index in [2.05, 4.69) is 5.32 Å². The van der Waals surface area contributed by atoms with E-state index in [1.165, 1.54) is 14.0 Å². The summed E-state index contributed by atoms with van der Waals surface area (Å²) < 4.78 is 37.3. The summed E-state index contributed by atoms with van der Waals surface area (Å²) in [6, 6.07) is -1.15. The highest BCUT2D eigenvalue weighted by Gasteiger charge is 2.43. The first kappa shape index (κ1) is 16.1. The number of halogens is 3. The molecule has 0 saturated carbocycles. The lowest BCUT2D eigenvalue weighted by Gasteiger charge is -2.33. The van der Waals surface area contributed by atoms with Gasteiger partial charge in [0.05, 0.1) is 12.6 Å². The summed E-state index contributed by atoms with van der Waals surface area (Å²) in [7, 11) is 1.29. The van der Waals surface area contributed by atoms with E-state index in [-0.39, 0.29) is 30.3 Å². The molecule has 2 bridgehead atoms. The van der Waals surface area contributed by atoms with Crippen LogP contribution in [-0.4, -0.2) is 66.1 Å². The predicted octanol–water partition coefficient (Wildman–Crippen LogP) is 0.748. The molecule has 1 N–H and O–H groups in total. The molecule has 0 aromatic rings. The van der Waals surface area contributed by atoms with Gasteiger partial charge in [-0.25, -0.2) is 0 Å². The van der Waals surface area contributed by atoms with Crippen LogP contribution in [0.3, 0.4) is 0 Å². The van der Waals surface area contributed by atoms with Crippen LogP contribution < -0.4 is 5.32 Å². The average Bonchev–Trinajstić information content (AvgIpc) is 2.66. The molecule has 5 nitrogen and oxygen atoms in total. The molecule has 0 aliphatic carbocycles. The Labute approximate surface area is 121 Å². The van der Waals surface area contributed by atoms with Gasteiger partial charge in [0.25, 0.3) is 0 Å². The van der Waals surface area contributed by atoms with Crippen molar-refractivity contribution in [2.45, 2.75) is 50.5 Å². The van der Waals surface area contributed by atoms with E-state index in [9.17, 15) is 22.8 Å². The smallest absolute Gasteiger partial charge is 0.354 e. The maximum atomic E-state index is 12.5. The second-order valence-electron chi connectivity index (χ2n) is 5.84. The normalized spacial score (nSPS) is 27.5. The zero-order chi connectivity index (χ0) is 15.8. The van der Waals surface area contributed by atoms with Gasteiger partial charge in [-0.15, -0.1) is 0 Å². The van der Waals surface area contributed by atoms with Crippen molar-refractivity contribution in [2.24, 2.45) is 0 Å². The maximum Gasteiger partial charge on any atom is 0.401 e. The summed E-state index contributed by atoms with van der Waals surface area (Å²) in [6.07, 6.45) is -2.58. The molecule has 2 rings (SSSR count). The Morgan fingerprint density at radius 2 is 2.05 bits per heavy atom. The molecular formula is C13H20F3N3O2. The minimum absolute atomic E-state index is 0.101. The number of likely N-dealkylation sites (N-methyl/N-ethyl adjacent to an activating group) is 1. The summed E-state index contributed by atoms with van der Waals surface area (Å²) in [6.45, 7) is 0.741. The van der Waals surface area contributed by atoms with Crippen molar-refractivity contribution < 1.29 is 22.8 Å². The number of nitrogens with zero attached hydrogens (tertiary/aromatic N) is 2. The molecular weight excluding hydrogens is 287 g/mol. The first-order chi connectivity index (χ1) is 9.69. The first-order valence-electron chi connectivity index (χ1n) is 7.05. The highest BCUT2D eigenvalue weighted by Crippen LogP contribution is 2.29. The van der Waals surface area contributed by atoms with E-state index >= 15 is 0 Å². The van der Waals surface area contributed by atoms with Gasteiger partial charge in [0.1, 0.15) is 0 Å². The van der Waals surface area contributed by atoms with Crippen LogP contribution in [0.25, 0.3) is 0 Å². The van der Waals surface area contributed by atoms with Gasteiger partial charge >= 0.3 is 6.18 Å². The minimum atomic E-state index is -4.33. The van der Waals surface area contributed by atoms with Crippen molar-refractivity contribution >= 4 is 11.8 Å². The van der Waals surface area contributed by atoms with E-state index < -0.39 is 18.8 Å². The van der Waals surface area contributed by atoms with E-state index in [1.807, 2.05) is 0 Å². The van der Waals surface area contributed by atoms with Crippen LogP contribution in [-0.2, 0) is 9.59 Å². The van der Waals surface area contributed by atoms with Crippen LogP contribution in [0.1, 0.15) is 26.2 Å². The summed E-state index contributed by atoms with van der Waals surface area (Å²) in [5, 5.41) is 2.74. The topological polar surface area (TPSA) is 52.7 Å². The second kappa shape index (κ2) is 5.82. The third kappa shape index (κ3) is 3.66. The second-order valence-corrected chi connectivity index (χ2v) is 5.84. The molecule has 2 aliphatic heterocycles. The SMILES string of the molecule is CC(C(=O)N1C2CCC1CC(=O)NC2)N(C)CC(F)(F)F. The fourth-order valence-corrected chi connectivity index (χ4v) is 3.06. The third-order valence-corrected chi connectivity index (χ3v) is 4.28. The Hall–Kier alpha value is -1.31. The molecule has 3 unspecified atom stereocenters. The number of alkyl halides is 3. The van der Waals surface area contributed by atoms with Crippen molar-refractivity contribution in [3.8, 4) is 0 Å². The van der Waals surface area contributed by atoms with Gasteiger partial charge in [-0.05, 0) is 26.8 Å². The number of hydrogen-bond acceptors (Lipinski definition) is 3. The van der Waals surface area contributed by atoms with Crippen LogP contribution in [0.15, 0.2) is 0 Å². The number of hydrogen-bond donors (Lipinski definition) is 1. The van der Waals surface area contributed by atoms with E-state index in [0.717, 1.165) is 17.7 Å². The quantitative estimate of drug-likeness (QED) is 0.837. The molecule has 0 aromatic heterocycles. The average molecular weight is 307 g/mol. The minimum Gasteiger partial charge on any atom is -0.354 e. The summed E-state index contributed by atoms with van der Waals surface area (Å²) in [5.74, 6) is -0.429. The summed E-state index contributed by atoms with van der Waals surface area (Å²) in [4.78, 5) is 26.7. The van der Waals surface area contributed by atoms with Crippen LogP contribution in [0.2, 0.25) is 0 Å². The molecule has 8 heteroatoms. The van der Waals surface area contributed by atoms with Gasteiger partial charge in [0.2, 0.25) is 11.8 Å². The van der Waals surface area contributed by atoms with Crippen molar-refractivity contribution in [2.75, 3.05) is 20.1 Å². The molecule has 0 aromatic carbocycles. The highest BCUT2D eigenvalue weighted by molar-refractivity contribution is 5.84. The zero-order valence-electron chi connectivity index (χ0n) is 12.1. The molecule has 2 heterocycles. The first-order valence-corrected chi connectivity index (χ1v) is 7.05. The lowest BCUT2D eigenvalue weighted by atomic mass is 10.1. The fourth-order valence-electron chi connectivity index (χ4n) is 3.06. The van der Waals surface area contributed by atoms with Crippen LogP contribution in [0.4, 0.5) is 13.2 Å². The number of rotatable bonds is 3. The Bertz CT molecular complexity index is 427. The Balaban J connectivity index is 2.06. The number of carbonyl (C=O) groups excluding carboxylic acids is 2. The molecule has 3 atom stereocenters. The van der Waals surface area contributed by atoms with Crippen LogP contribution in [0.5, 0.6) is 0 Å². The van der Waals surface area contributed by atoms with Crippen molar-refractivity contribution in [1.82, 2.24) is 15.1 Å². The molecule has 120 valence electrons. The number of amides is 2. The van der Waals surface area contributed by atoms with Gasteiger partial charge in [0, 0.05) is 25.0 Å². The van der Waals surface area contributed by atoms with Gasteiger partial charge in [0.15, 0.2) is 0 Å². The predicted molar refractivity (Wildman–Crippen MR) is 69.4 cm³/mol. The Morgan fingerprint density at radius 3 is 2.67 bits per heavy atom. The van der Waals surface area contributed by atoms with E-state index in [0.29, 0.717) is 6.54 Å². The van der Waals surface area contributed by atoms with Gasteiger partial charge in [-0.3, -0.25) is 14.5 Å². The standard InChI is InChI=1S/C13H20F3N3O2/c1-8(18(2)7-13(14,15)16)12(21)19-9-3-4-10(19)6-17-11(20)5-9/h8-10H,3-7H2,1-2H3,(H,17,20). The van der Waals surface area contributed by atoms with E-state index in [1.54, 1.807) is 4.90 Å². The molecule has 0 spiro atoms. The number of fused-ring (bicyclic) bond motifs is 2. The molecule has 2 amide bonds. The Morgan fingerprint density at radius 1 is 1.43 bits per heavy atom. The maximum absolute atomic E-state index is 12.5. The third-order valence-electron chi connectivity index (χ3n) is 4.28. The lowest BCUT2D eigenvalue weighted by Crippen LogP contribution is -2.52. The largest absolute Gasteiger partial charge is 0.401 e. The van der Waals surface area contributed by atoms with Crippen molar-refractivity contribution in [3.05, 3.63) is 0 Å². The monoisotopic (exact) mass is 307 g/mol. The van der Waals surface area contributed by atoms with Gasteiger partial charge in [-0.2, -0.15) is 13.2 Å². The molecule has 0 radical (unpaired) electrons. The number of nitrogens with one attached hydrogen (secondary N) is 1. The molecule has 21 heavy (non-hydrogen) atoms.